The van der Waals surface area contributed by atoms with Crippen LogP contribution in [0.25, 0.3) is 0 Å². The summed E-state index contributed by atoms with van der Waals surface area (Å²) in [5.74, 6) is 0.792. The highest BCUT2D eigenvalue weighted by molar-refractivity contribution is 5.46. The minimum Gasteiger partial charge on any atom is -0.345 e. The second-order valence-corrected chi connectivity index (χ2v) is 3.34. The summed E-state index contributed by atoms with van der Waals surface area (Å²) in [7, 11) is 0. The summed E-state index contributed by atoms with van der Waals surface area (Å²) in [6, 6.07) is 0. The topological polar surface area (TPSA) is 20.3 Å². The van der Waals surface area contributed by atoms with E-state index in [-0.39, 0.29) is 0 Å². The van der Waals surface area contributed by atoms with Crippen molar-refractivity contribution in [3.63, 3.8) is 0 Å². The normalized spacial score (nSPS) is 18.6. The van der Waals surface area contributed by atoms with E-state index < -0.39 is 0 Å². The fraction of sp³-hybridized carbons (Fsp3) is 0.889. The molecule has 0 saturated heterocycles. The summed E-state index contributed by atoms with van der Waals surface area (Å²) in [5, 5.41) is 0. The lowest BCUT2D eigenvalue weighted by molar-refractivity contribution is -0.118. The highest BCUT2D eigenvalue weighted by Crippen LogP contribution is 2.24. The molecule has 1 aliphatic rings. The predicted molar refractivity (Wildman–Crippen MR) is 45.3 cm³/mol. The summed E-state index contributed by atoms with van der Waals surface area (Å²) in [5.41, 5.74) is 0. The average Bonchev–Trinajstić information content (AvgIpc) is 2.52. The van der Waals surface area contributed by atoms with E-state index in [4.69, 9.17) is 0 Å². The lowest BCUT2D eigenvalue weighted by atomic mass is 10.1. The van der Waals surface area contributed by atoms with Crippen LogP contribution < -0.4 is 0 Å². The van der Waals surface area contributed by atoms with Gasteiger partial charge in [0.2, 0.25) is 6.41 Å². The number of amides is 1. The van der Waals surface area contributed by atoms with E-state index in [1.807, 2.05) is 11.8 Å². The number of nitrogens with zero attached hydrogens (tertiary/aromatic N) is 1. The molecule has 0 radical (unpaired) electrons. The monoisotopic (exact) mass is 155 g/mol. The molecule has 64 valence electrons. The first-order valence-electron chi connectivity index (χ1n) is 4.56. The summed E-state index contributed by atoms with van der Waals surface area (Å²) in [6.07, 6.45) is 6.34. The Morgan fingerprint density at radius 3 is 2.55 bits per heavy atom. The van der Waals surface area contributed by atoms with Crippen molar-refractivity contribution in [3.05, 3.63) is 0 Å². The largest absolute Gasteiger partial charge is 0.345 e. The van der Waals surface area contributed by atoms with Crippen LogP contribution in [0.4, 0.5) is 0 Å². The number of hydrogen-bond acceptors (Lipinski definition) is 1. The number of hydrogen-bond donors (Lipinski definition) is 0. The minimum absolute atomic E-state index is 0.792. The molecule has 2 heteroatoms. The third-order valence-electron chi connectivity index (χ3n) is 2.52. The Morgan fingerprint density at radius 1 is 1.45 bits per heavy atom. The lowest BCUT2D eigenvalue weighted by Gasteiger charge is -2.18. The van der Waals surface area contributed by atoms with Crippen LogP contribution in [-0.4, -0.2) is 24.4 Å². The van der Waals surface area contributed by atoms with Crippen molar-refractivity contribution in [2.75, 3.05) is 13.1 Å². The highest BCUT2D eigenvalue weighted by atomic mass is 16.1. The van der Waals surface area contributed by atoms with Crippen molar-refractivity contribution < 1.29 is 4.79 Å². The first-order valence-corrected chi connectivity index (χ1v) is 4.56. The molecule has 1 rings (SSSR count). The maximum absolute atomic E-state index is 10.4. The van der Waals surface area contributed by atoms with E-state index in [1.165, 1.54) is 25.7 Å². The van der Waals surface area contributed by atoms with Gasteiger partial charge >= 0.3 is 0 Å². The van der Waals surface area contributed by atoms with Crippen molar-refractivity contribution in [3.8, 4) is 0 Å². The Kier molecular flexibility index (Phi) is 3.40. The van der Waals surface area contributed by atoms with Crippen molar-refractivity contribution in [2.45, 2.75) is 32.6 Å². The number of carbonyl (C=O) groups excluding carboxylic acids is 1. The molecule has 0 N–H and O–H groups in total. The van der Waals surface area contributed by atoms with E-state index in [9.17, 15) is 4.79 Å². The van der Waals surface area contributed by atoms with E-state index in [0.717, 1.165) is 25.4 Å². The smallest absolute Gasteiger partial charge is 0.209 e. The quantitative estimate of drug-likeness (QED) is 0.565. The Hall–Kier alpha value is -0.530. The van der Waals surface area contributed by atoms with Gasteiger partial charge in [-0.2, -0.15) is 0 Å². The van der Waals surface area contributed by atoms with Gasteiger partial charge < -0.3 is 4.90 Å². The van der Waals surface area contributed by atoms with Crippen molar-refractivity contribution >= 4 is 6.41 Å². The molecule has 1 fully saturated rings. The molecular weight excluding hydrogens is 138 g/mol. The lowest BCUT2D eigenvalue weighted by Crippen LogP contribution is -2.26. The fourth-order valence-electron chi connectivity index (χ4n) is 1.77. The van der Waals surface area contributed by atoms with Crippen LogP contribution in [0.15, 0.2) is 0 Å². The molecule has 0 bridgehead atoms. The summed E-state index contributed by atoms with van der Waals surface area (Å²) in [6.45, 7) is 3.88. The fourth-order valence-corrected chi connectivity index (χ4v) is 1.77. The van der Waals surface area contributed by atoms with Crippen molar-refractivity contribution in [2.24, 2.45) is 5.92 Å². The van der Waals surface area contributed by atoms with Gasteiger partial charge in [-0.25, -0.2) is 0 Å². The van der Waals surface area contributed by atoms with E-state index in [1.54, 1.807) is 0 Å². The predicted octanol–water partition coefficient (Wildman–Crippen LogP) is 1.65. The van der Waals surface area contributed by atoms with Gasteiger partial charge in [0.15, 0.2) is 0 Å². The average molecular weight is 155 g/mol. The molecule has 1 saturated carbocycles. The Morgan fingerprint density at radius 2 is 2.09 bits per heavy atom. The van der Waals surface area contributed by atoms with Gasteiger partial charge in [0.25, 0.3) is 0 Å². The van der Waals surface area contributed by atoms with Crippen molar-refractivity contribution in [1.29, 1.82) is 0 Å². The third-order valence-corrected chi connectivity index (χ3v) is 2.52. The number of rotatable bonds is 4. The zero-order valence-electron chi connectivity index (χ0n) is 7.25. The van der Waals surface area contributed by atoms with Crippen LogP contribution >= 0.6 is 0 Å². The zero-order chi connectivity index (χ0) is 8.10. The molecule has 1 aliphatic carbocycles. The third kappa shape index (κ3) is 2.52. The van der Waals surface area contributed by atoms with Crippen LogP contribution in [-0.2, 0) is 4.79 Å². The van der Waals surface area contributed by atoms with Crippen LogP contribution in [0.1, 0.15) is 32.6 Å². The molecule has 0 spiro atoms. The maximum Gasteiger partial charge on any atom is 0.209 e. The second-order valence-electron chi connectivity index (χ2n) is 3.34. The van der Waals surface area contributed by atoms with E-state index >= 15 is 0 Å². The van der Waals surface area contributed by atoms with Crippen LogP contribution in [0.3, 0.4) is 0 Å². The Balaban J connectivity index is 2.21. The van der Waals surface area contributed by atoms with Gasteiger partial charge in [-0.3, -0.25) is 4.79 Å². The maximum atomic E-state index is 10.4. The molecule has 11 heavy (non-hydrogen) atoms. The second kappa shape index (κ2) is 4.37. The summed E-state index contributed by atoms with van der Waals surface area (Å²) in [4.78, 5) is 12.3. The standard InChI is InChI=1S/C9H17NO/c1-2-10(8-11)7-9-5-3-4-6-9/h8-9H,2-7H2,1H3. The van der Waals surface area contributed by atoms with Crippen LogP contribution in [0, 0.1) is 5.92 Å². The first-order chi connectivity index (χ1) is 5.36. The summed E-state index contributed by atoms with van der Waals surface area (Å²) >= 11 is 0. The molecule has 0 atom stereocenters. The SMILES string of the molecule is CCN(C=O)CC1CCCC1. The molecule has 0 unspecified atom stereocenters. The summed E-state index contributed by atoms with van der Waals surface area (Å²) < 4.78 is 0. The molecule has 0 aromatic carbocycles. The van der Waals surface area contributed by atoms with Crippen molar-refractivity contribution in [1.82, 2.24) is 4.90 Å². The molecule has 0 aromatic heterocycles. The molecule has 1 amide bonds. The Labute approximate surface area is 68.6 Å². The van der Waals surface area contributed by atoms with E-state index in [0.29, 0.717) is 0 Å². The molecule has 0 heterocycles. The van der Waals surface area contributed by atoms with Crippen LogP contribution in [0.5, 0.6) is 0 Å². The Bertz CT molecular complexity index is 119. The van der Waals surface area contributed by atoms with Gasteiger partial charge in [-0.05, 0) is 25.7 Å². The molecule has 0 aliphatic heterocycles. The number of carbonyl (C=O) groups is 1. The molecule has 2 nitrogen and oxygen atoms in total. The molecular formula is C9H17NO. The van der Waals surface area contributed by atoms with Gasteiger partial charge in [0.1, 0.15) is 0 Å². The minimum atomic E-state index is 0.792. The van der Waals surface area contributed by atoms with Gasteiger partial charge in [-0.15, -0.1) is 0 Å². The molecule has 0 aromatic rings. The highest BCUT2D eigenvalue weighted by Gasteiger charge is 2.16. The van der Waals surface area contributed by atoms with E-state index in [2.05, 4.69) is 0 Å². The van der Waals surface area contributed by atoms with Gasteiger partial charge in [0.05, 0.1) is 0 Å². The van der Waals surface area contributed by atoms with Crippen LogP contribution in [0.2, 0.25) is 0 Å². The zero-order valence-corrected chi connectivity index (χ0v) is 7.25. The van der Waals surface area contributed by atoms with Gasteiger partial charge in [0, 0.05) is 13.1 Å². The first kappa shape index (κ1) is 8.57. The van der Waals surface area contributed by atoms with Gasteiger partial charge in [-0.1, -0.05) is 12.8 Å².